The van der Waals surface area contributed by atoms with Crippen LogP contribution in [0.15, 0.2) is 42.5 Å². The van der Waals surface area contributed by atoms with E-state index in [0.717, 1.165) is 30.0 Å². The van der Waals surface area contributed by atoms with Gasteiger partial charge in [0.05, 0.1) is 7.11 Å². The monoisotopic (exact) mass is 349 g/mol. The van der Waals surface area contributed by atoms with Gasteiger partial charge in [-0.1, -0.05) is 42.8 Å². The summed E-state index contributed by atoms with van der Waals surface area (Å²) in [6.07, 6.45) is 1.12. The number of rotatable bonds is 8. The van der Waals surface area contributed by atoms with Crippen LogP contribution in [0.5, 0.6) is 11.5 Å². The fourth-order valence-electron chi connectivity index (χ4n) is 2.34. The SMILES string of the molecule is CCC(C)NCc1ccc(OCc2cccc(C)c2)c(OC)c1.Cl. The Balaban J connectivity index is 0.00000288. The largest absolute Gasteiger partial charge is 0.493 e. The van der Waals surface area contributed by atoms with Crippen LogP contribution in [0.2, 0.25) is 0 Å². The van der Waals surface area contributed by atoms with E-state index >= 15 is 0 Å². The first kappa shape index (κ1) is 20.3. The molecule has 0 spiro atoms. The zero-order valence-corrected chi connectivity index (χ0v) is 15.8. The lowest BCUT2D eigenvalue weighted by Gasteiger charge is -2.14. The first-order valence-corrected chi connectivity index (χ1v) is 8.21. The zero-order valence-electron chi connectivity index (χ0n) is 15.0. The number of aryl methyl sites for hydroxylation is 1. The molecule has 0 saturated carbocycles. The van der Waals surface area contributed by atoms with Crippen molar-refractivity contribution in [3.05, 3.63) is 59.2 Å². The van der Waals surface area contributed by atoms with E-state index in [9.17, 15) is 0 Å². The minimum absolute atomic E-state index is 0. The molecule has 0 saturated heterocycles. The molecule has 1 N–H and O–H groups in total. The molecule has 4 heteroatoms. The Morgan fingerprint density at radius 3 is 2.50 bits per heavy atom. The number of methoxy groups -OCH3 is 1. The molecule has 1 unspecified atom stereocenters. The van der Waals surface area contributed by atoms with Crippen molar-refractivity contribution in [2.75, 3.05) is 7.11 Å². The van der Waals surface area contributed by atoms with Crippen LogP contribution in [0.25, 0.3) is 0 Å². The Kier molecular flexibility index (Phi) is 8.66. The predicted molar refractivity (Wildman–Crippen MR) is 102 cm³/mol. The molecule has 0 aliphatic heterocycles. The van der Waals surface area contributed by atoms with Crippen LogP contribution in [-0.4, -0.2) is 13.2 Å². The molecule has 2 aromatic carbocycles. The average molecular weight is 350 g/mol. The van der Waals surface area contributed by atoms with Crippen molar-refractivity contribution in [3.63, 3.8) is 0 Å². The molecule has 0 aliphatic rings. The molecule has 2 rings (SSSR count). The summed E-state index contributed by atoms with van der Waals surface area (Å²) >= 11 is 0. The number of nitrogens with one attached hydrogen (secondary N) is 1. The minimum Gasteiger partial charge on any atom is -0.493 e. The molecule has 0 fully saturated rings. The van der Waals surface area contributed by atoms with Crippen molar-refractivity contribution in [3.8, 4) is 11.5 Å². The van der Waals surface area contributed by atoms with E-state index < -0.39 is 0 Å². The Hall–Kier alpha value is -1.71. The summed E-state index contributed by atoms with van der Waals surface area (Å²) in [4.78, 5) is 0. The summed E-state index contributed by atoms with van der Waals surface area (Å²) in [7, 11) is 1.68. The second-order valence-electron chi connectivity index (χ2n) is 5.95. The molecule has 0 radical (unpaired) electrons. The molecule has 0 bridgehead atoms. The van der Waals surface area contributed by atoms with Gasteiger partial charge in [0.25, 0.3) is 0 Å². The lowest BCUT2D eigenvalue weighted by Crippen LogP contribution is -2.24. The summed E-state index contributed by atoms with van der Waals surface area (Å²) in [6, 6.07) is 15.0. The van der Waals surface area contributed by atoms with Crippen molar-refractivity contribution in [1.29, 1.82) is 0 Å². The van der Waals surface area contributed by atoms with Crippen LogP contribution in [-0.2, 0) is 13.2 Å². The van der Waals surface area contributed by atoms with Gasteiger partial charge in [-0.2, -0.15) is 0 Å². The molecule has 0 amide bonds. The summed E-state index contributed by atoms with van der Waals surface area (Å²) in [5.74, 6) is 1.56. The molecule has 2 aromatic rings. The van der Waals surface area contributed by atoms with Crippen molar-refractivity contribution in [2.45, 2.75) is 46.4 Å². The van der Waals surface area contributed by atoms with Crippen LogP contribution < -0.4 is 14.8 Å². The second-order valence-corrected chi connectivity index (χ2v) is 5.95. The molecule has 0 aliphatic carbocycles. The lowest BCUT2D eigenvalue weighted by molar-refractivity contribution is 0.284. The zero-order chi connectivity index (χ0) is 16.7. The van der Waals surface area contributed by atoms with Crippen LogP contribution in [0.1, 0.15) is 37.0 Å². The first-order valence-electron chi connectivity index (χ1n) is 8.21. The lowest BCUT2D eigenvalue weighted by atomic mass is 10.1. The van der Waals surface area contributed by atoms with Gasteiger partial charge in [0.2, 0.25) is 0 Å². The summed E-state index contributed by atoms with van der Waals surface area (Å²) in [5.41, 5.74) is 3.60. The fraction of sp³-hybridized carbons (Fsp3) is 0.400. The highest BCUT2D eigenvalue weighted by Gasteiger charge is 2.07. The quantitative estimate of drug-likeness (QED) is 0.735. The topological polar surface area (TPSA) is 30.5 Å². The first-order chi connectivity index (χ1) is 11.1. The van der Waals surface area contributed by atoms with Crippen LogP contribution >= 0.6 is 12.4 Å². The summed E-state index contributed by atoms with van der Waals surface area (Å²) in [6.45, 7) is 7.84. The van der Waals surface area contributed by atoms with E-state index in [1.54, 1.807) is 7.11 Å². The van der Waals surface area contributed by atoms with Crippen molar-refractivity contribution >= 4 is 12.4 Å². The predicted octanol–water partition coefficient (Wildman–Crippen LogP) is 4.89. The molecule has 1 atom stereocenters. The third-order valence-corrected chi connectivity index (χ3v) is 3.97. The molecular formula is C20H28ClNO2. The average Bonchev–Trinajstić information content (AvgIpc) is 2.58. The van der Waals surface area contributed by atoms with Gasteiger partial charge in [-0.05, 0) is 43.5 Å². The van der Waals surface area contributed by atoms with Gasteiger partial charge in [0.15, 0.2) is 11.5 Å². The van der Waals surface area contributed by atoms with E-state index in [1.807, 2.05) is 12.1 Å². The fourth-order valence-corrected chi connectivity index (χ4v) is 2.34. The van der Waals surface area contributed by atoms with E-state index in [-0.39, 0.29) is 12.4 Å². The maximum absolute atomic E-state index is 5.93. The molecule has 3 nitrogen and oxygen atoms in total. The van der Waals surface area contributed by atoms with Crippen LogP contribution in [0.4, 0.5) is 0 Å². The van der Waals surface area contributed by atoms with Crippen molar-refractivity contribution in [1.82, 2.24) is 5.32 Å². The van der Waals surface area contributed by atoms with Gasteiger partial charge in [-0.25, -0.2) is 0 Å². The normalized spacial score (nSPS) is 11.5. The molecule has 132 valence electrons. The number of hydrogen-bond acceptors (Lipinski definition) is 3. The van der Waals surface area contributed by atoms with E-state index in [4.69, 9.17) is 9.47 Å². The third-order valence-electron chi connectivity index (χ3n) is 3.97. The summed E-state index contributed by atoms with van der Waals surface area (Å²) < 4.78 is 11.4. The Morgan fingerprint density at radius 1 is 1.04 bits per heavy atom. The molecular weight excluding hydrogens is 322 g/mol. The maximum atomic E-state index is 5.93. The van der Waals surface area contributed by atoms with Gasteiger partial charge in [0, 0.05) is 12.6 Å². The Bertz CT molecular complexity index is 631. The van der Waals surface area contributed by atoms with E-state index in [2.05, 4.69) is 56.4 Å². The van der Waals surface area contributed by atoms with E-state index in [1.165, 1.54) is 11.1 Å². The maximum Gasteiger partial charge on any atom is 0.161 e. The number of ether oxygens (including phenoxy) is 2. The van der Waals surface area contributed by atoms with Crippen molar-refractivity contribution in [2.24, 2.45) is 0 Å². The van der Waals surface area contributed by atoms with Crippen molar-refractivity contribution < 1.29 is 9.47 Å². The van der Waals surface area contributed by atoms with Gasteiger partial charge < -0.3 is 14.8 Å². The summed E-state index contributed by atoms with van der Waals surface area (Å²) in [5, 5.41) is 3.49. The second kappa shape index (κ2) is 10.2. The Labute approximate surface area is 151 Å². The number of hydrogen-bond donors (Lipinski definition) is 1. The standard InChI is InChI=1S/C20H27NO2.ClH/c1-5-16(3)21-13-17-9-10-19(20(12-17)22-4)23-14-18-8-6-7-15(2)11-18;/h6-12,16,21H,5,13-14H2,1-4H3;1H. The van der Waals surface area contributed by atoms with E-state index in [0.29, 0.717) is 12.6 Å². The number of halogens is 1. The third kappa shape index (κ3) is 6.06. The highest BCUT2D eigenvalue weighted by molar-refractivity contribution is 5.85. The molecule has 24 heavy (non-hydrogen) atoms. The van der Waals surface area contributed by atoms with Gasteiger partial charge in [-0.3, -0.25) is 0 Å². The Morgan fingerprint density at radius 2 is 1.83 bits per heavy atom. The number of benzene rings is 2. The molecule has 0 aromatic heterocycles. The van der Waals surface area contributed by atoms with Gasteiger partial charge in [0.1, 0.15) is 6.61 Å². The van der Waals surface area contributed by atoms with Crippen LogP contribution in [0, 0.1) is 6.92 Å². The highest BCUT2D eigenvalue weighted by atomic mass is 35.5. The minimum atomic E-state index is 0. The van der Waals surface area contributed by atoms with Crippen LogP contribution in [0.3, 0.4) is 0 Å². The van der Waals surface area contributed by atoms with Gasteiger partial charge in [-0.15, -0.1) is 12.4 Å². The highest BCUT2D eigenvalue weighted by Crippen LogP contribution is 2.29. The smallest absolute Gasteiger partial charge is 0.161 e. The molecule has 0 heterocycles. The van der Waals surface area contributed by atoms with Gasteiger partial charge >= 0.3 is 0 Å².